The van der Waals surface area contributed by atoms with Crippen molar-refractivity contribution in [3.05, 3.63) is 11.9 Å². The zero-order valence-electron chi connectivity index (χ0n) is 9.05. The average molecular weight is 223 g/mol. The van der Waals surface area contributed by atoms with Gasteiger partial charge in [-0.1, -0.05) is 0 Å². The van der Waals surface area contributed by atoms with Crippen molar-refractivity contribution in [1.29, 1.82) is 0 Å². The summed E-state index contributed by atoms with van der Waals surface area (Å²) in [5.74, 6) is 1.05. The van der Waals surface area contributed by atoms with Gasteiger partial charge < -0.3 is 14.4 Å². The molecule has 0 unspecified atom stereocenters. The third-order valence-corrected chi connectivity index (χ3v) is 2.39. The van der Waals surface area contributed by atoms with E-state index in [1.165, 1.54) is 6.20 Å². The predicted molar refractivity (Wildman–Crippen MR) is 56.5 cm³/mol. The molecule has 1 fully saturated rings. The van der Waals surface area contributed by atoms with E-state index in [0.717, 1.165) is 13.1 Å². The van der Waals surface area contributed by atoms with Gasteiger partial charge in [0.1, 0.15) is 0 Å². The van der Waals surface area contributed by atoms with Gasteiger partial charge in [-0.05, 0) is 6.92 Å². The molecule has 1 saturated heterocycles. The zero-order valence-corrected chi connectivity index (χ0v) is 9.05. The minimum absolute atomic E-state index is 0.375. The van der Waals surface area contributed by atoms with E-state index in [1.807, 2.05) is 4.90 Å². The van der Waals surface area contributed by atoms with Gasteiger partial charge in [0.05, 0.1) is 25.1 Å². The Labute approximate surface area is 93.2 Å². The van der Waals surface area contributed by atoms with Crippen LogP contribution >= 0.6 is 0 Å². The molecule has 0 spiro atoms. The Morgan fingerprint density at radius 3 is 2.88 bits per heavy atom. The first-order valence-corrected chi connectivity index (χ1v) is 5.08. The summed E-state index contributed by atoms with van der Waals surface area (Å²) in [5.41, 5.74) is 0.656. The second kappa shape index (κ2) is 4.89. The summed E-state index contributed by atoms with van der Waals surface area (Å²) in [4.78, 5) is 20.7. The Morgan fingerprint density at radius 2 is 2.25 bits per heavy atom. The van der Waals surface area contributed by atoms with Gasteiger partial charge in [-0.3, -0.25) is 4.79 Å². The lowest BCUT2D eigenvalue weighted by Gasteiger charge is -2.26. The summed E-state index contributed by atoms with van der Waals surface area (Å²) in [6.45, 7) is 5.11. The van der Waals surface area contributed by atoms with Crippen molar-refractivity contribution in [1.82, 2.24) is 9.97 Å². The lowest BCUT2D eigenvalue weighted by molar-refractivity contribution is -0.120. The maximum Gasteiger partial charge on any atom is 0.298 e. The van der Waals surface area contributed by atoms with E-state index in [4.69, 9.17) is 9.47 Å². The maximum absolute atomic E-state index is 10.2. The first-order chi connectivity index (χ1) is 7.81. The molecular weight excluding hydrogens is 210 g/mol. The van der Waals surface area contributed by atoms with Crippen molar-refractivity contribution in [3.63, 3.8) is 0 Å². The number of carbonyl (C=O) groups is 1. The van der Waals surface area contributed by atoms with E-state index in [9.17, 15) is 4.79 Å². The van der Waals surface area contributed by atoms with Crippen molar-refractivity contribution < 1.29 is 14.3 Å². The molecule has 2 heterocycles. The molecule has 0 aliphatic carbocycles. The monoisotopic (exact) mass is 223 g/mol. The van der Waals surface area contributed by atoms with Crippen LogP contribution in [0.25, 0.3) is 0 Å². The summed E-state index contributed by atoms with van der Waals surface area (Å²) in [6.07, 6.45) is 1.52. The second-order valence-electron chi connectivity index (χ2n) is 3.43. The quantitative estimate of drug-likeness (QED) is 0.680. The number of ether oxygens (including phenoxy) is 2. The molecular formula is C10H13N3O3. The van der Waals surface area contributed by atoms with Crippen LogP contribution in [0, 0.1) is 6.92 Å². The minimum atomic E-state index is 0.375. The number of nitrogens with zero attached hydrogens (tertiary/aromatic N) is 3. The number of rotatable bonds is 3. The van der Waals surface area contributed by atoms with E-state index >= 15 is 0 Å². The molecule has 0 bridgehead atoms. The fourth-order valence-corrected chi connectivity index (χ4v) is 1.53. The van der Waals surface area contributed by atoms with E-state index in [0.29, 0.717) is 37.1 Å². The van der Waals surface area contributed by atoms with Crippen LogP contribution in [-0.4, -0.2) is 42.7 Å². The van der Waals surface area contributed by atoms with Crippen LogP contribution in [-0.2, 0) is 9.53 Å². The van der Waals surface area contributed by atoms with Gasteiger partial charge in [-0.25, -0.2) is 9.97 Å². The van der Waals surface area contributed by atoms with Crippen LogP contribution in [0.3, 0.4) is 0 Å². The Balaban J connectivity index is 2.16. The molecule has 1 aromatic heterocycles. The van der Waals surface area contributed by atoms with Crippen molar-refractivity contribution in [3.8, 4) is 5.75 Å². The average Bonchev–Trinajstić information content (AvgIpc) is 2.33. The van der Waals surface area contributed by atoms with Gasteiger partial charge in [0.2, 0.25) is 5.95 Å². The Hall–Kier alpha value is -1.69. The second-order valence-corrected chi connectivity index (χ2v) is 3.43. The van der Waals surface area contributed by atoms with Crippen LogP contribution in [0.5, 0.6) is 5.75 Å². The third kappa shape index (κ3) is 2.27. The van der Waals surface area contributed by atoms with Gasteiger partial charge >= 0.3 is 0 Å². The fourth-order valence-electron chi connectivity index (χ4n) is 1.53. The molecule has 16 heavy (non-hydrogen) atoms. The van der Waals surface area contributed by atoms with E-state index in [2.05, 4.69) is 9.97 Å². The largest absolute Gasteiger partial charge is 0.425 e. The van der Waals surface area contributed by atoms with Crippen LogP contribution < -0.4 is 9.64 Å². The van der Waals surface area contributed by atoms with E-state index in [-0.39, 0.29) is 0 Å². The molecule has 6 nitrogen and oxygen atoms in total. The minimum Gasteiger partial charge on any atom is -0.425 e. The molecule has 1 aliphatic heterocycles. The molecule has 86 valence electrons. The van der Waals surface area contributed by atoms with Crippen LogP contribution in [0.2, 0.25) is 0 Å². The molecule has 0 N–H and O–H groups in total. The Kier molecular flexibility index (Phi) is 3.31. The number of hydrogen-bond acceptors (Lipinski definition) is 6. The highest BCUT2D eigenvalue weighted by Crippen LogP contribution is 2.17. The van der Waals surface area contributed by atoms with Crippen molar-refractivity contribution in [2.24, 2.45) is 0 Å². The first kappa shape index (κ1) is 10.8. The highest BCUT2D eigenvalue weighted by Gasteiger charge is 2.14. The normalized spacial score (nSPS) is 15.9. The summed E-state index contributed by atoms with van der Waals surface area (Å²) >= 11 is 0. The highest BCUT2D eigenvalue weighted by atomic mass is 16.5. The zero-order chi connectivity index (χ0) is 11.4. The molecule has 2 rings (SSSR count). The number of aromatic nitrogens is 2. The topological polar surface area (TPSA) is 64.6 Å². The number of aryl methyl sites for hydroxylation is 1. The molecule has 0 atom stereocenters. The van der Waals surface area contributed by atoms with Crippen LogP contribution in [0.4, 0.5) is 5.95 Å². The predicted octanol–water partition coefficient (Wildman–Crippen LogP) is 0.157. The number of carbonyl (C=O) groups excluding carboxylic acids is 1. The molecule has 6 heteroatoms. The summed E-state index contributed by atoms with van der Waals surface area (Å²) < 4.78 is 9.98. The van der Waals surface area contributed by atoms with Crippen LogP contribution in [0.15, 0.2) is 6.20 Å². The van der Waals surface area contributed by atoms with Gasteiger partial charge in [0.25, 0.3) is 6.47 Å². The maximum atomic E-state index is 10.2. The Morgan fingerprint density at radius 1 is 1.50 bits per heavy atom. The Bertz CT molecular complexity index is 378. The van der Waals surface area contributed by atoms with Crippen molar-refractivity contribution in [2.45, 2.75) is 6.92 Å². The molecule has 0 radical (unpaired) electrons. The van der Waals surface area contributed by atoms with Crippen molar-refractivity contribution >= 4 is 12.4 Å². The smallest absolute Gasteiger partial charge is 0.298 e. The van der Waals surface area contributed by atoms with E-state index in [1.54, 1.807) is 6.92 Å². The van der Waals surface area contributed by atoms with Gasteiger partial charge in [0, 0.05) is 13.1 Å². The fraction of sp³-hybridized carbons (Fsp3) is 0.500. The van der Waals surface area contributed by atoms with Gasteiger partial charge in [0.15, 0.2) is 5.75 Å². The van der Waals surface area contributed by atoms with E-state index < -0.39 is 0 Å². The summed E-state index contributed by atoms with van der Waals surface area (Å²) in [7, 11) is 0. The number of morpholine rings is 1. The molecule has 1 aromatic rings. The molecule has 1 aliphatic rings. The highest BCUT2D eigenvalue weighted by molar-refractivity contribution is 5.46. The standard InChI is InChI=1S/C10H13N3O3/c1-8-9(16-7-14)6-11-10(12-8)13-2-4-15-5-3-13/h6-7H,2-5H2,1H3. The summed E-state index contributed by atoms with van der Waals surface area (Å²) in [6, 6.07) is 0. The number of anilines is 1. The molecule has 0 amide bonds. The lowest BCUT2D eigenvalue weighted by Crippen LogP contribution is -2.37. The lowest BCUT2D eigenvalue weighted by atomic mass is 10.4. The van der Waals surface area contributed by atoms with Crippen molar-refractivity contribution in [2.75, 3.05) is 31.2 Å². The summed E-state index contributed by atoms with van der Waals surface area (Å²) in [5, 5.41) is 0. The third-order valence-electron chi connectivity index (χ3n) is 2.39. The molecule has 0 saturated carbocycles. The molecule has 0 aromatic carbocycles. The SMILES string of the molecule is Cc1nc(N2CCOCC2)ncc1OC=O. The first-order valence-electron chi connectivity index (χ1n) is 5.08. The van der Waals surface area contributed by atoms with Gasteiger partial charge in [-0.2, -0.15) is 0 Å². The number of hydrogen-bond donors (Lipinski definition) is 0. The van der Waals surface area contributed by atoms with Crippen LogP contribution in [0.1, 0.15) is 5.69 Å². The van der Waals surface area contributed by atoms with Gasteiger partial charge in [-0.15, -0.1) is 0 Å².